The van der Waals surface area contributed by atoms with E-state index in [4.69, 9.17) is 0 Å². The van der Waals surface area contributed by atoms with Gasteiger partial charge in [0.25, 0.3) is 0 Å². The summed E-state index contributed by atoms with van der Waals surface area (Å²) < 4.78 is 0. The first-order valence-corrected chi connectivity index (χ1v) is 8.18. The molecular weight excluding hydrogens is 284 g/mol. The second kappa shape index (κ2) is 8.61. The van der Waals surface area contributed by atoms with E-state index in [0.29, 0.717) is 24.8 Å². The maximum absolute atomic E-state index is 10.6. The first-order valence-electron chi connectivity index (χ1n) is 8.18. The molecule has 0 radical (unpaired) electrons. The first kappa shape index (κ1) is 19.1. The van der Waals surface area contributed by atoms with Gasteiger partial charge >= 0.3 is 0 Å². The summed E-state index contributed by atoms with van der Waals surface area (Å²) in [5, 5.41) is 21.1. The molecule has 2 nitrogen and oxygen atoms in total. The molecule has 0 saturated heterocycles. The second-order valence-electron chi connectivity index (χ2n) is 6.83. The van der Waals surface area contributed by atoms with Crippen LogP contribution < -0.4 is 0 Å². The summed E-state index contributed by atoms with van der Waals surface area (Å²) in [4.78, 5) is 0. The van der Waals surface area contributed by atoms with Gasteiger partial charge in [0.05, 0.1) is 0 Å². The van der Waals surface area contributed by atoms with Crippen molar-refractivity contribution in [3.8, 4) is 11.5 Å². The van der Waals surface area contributed by atoms with Crippen molar-refractivity contribution >= 4 is 0 Å². The number of rotatable bonds is 6. The normalized spacial score (nSPS) is 10.2. The maximum atomic E-state index is 10.6. The van der Waals surface area contributed by atoms with Gasteiger partial charge in [-0.25, -0.2) is 0 Å². The maximum Gasteiger partial charge on any atom is 0.126 e. The molecule has 23 heavy (non-hydrogen) atoms. The highest BCUT2D eigenvalue weighted by Crippen LogP contribution is 2.36. The third-order valence-corrected chi connectivity index (χ3v) is 3.70. The number of hydrogen-bond donors (Lipinski definition) is 2. The Labute approximate surface area is 140 Å². The summed E-state index contributed by atoms with van der Waals surface area (Å²) in [5.41, 5.74) is 5.98. The van der Waals surface area contributed by atoms with E-state index in [9.17, 15) is 10.2 Å². The molecule has 1 aromatic rings. The Bertz CT molecular complexity index is 590. The highest BCUT2D eigenvalue weighted by atomic mass is 16.3. The van der Waals surface area contributed by atoms with Crippen molar-refractivity contribution in [2.75, 3.05) is 0 Å². The van der Waals surface area contributed by atoms with Gasteiger partial charge in [-0.15, -0.1) is 0 Å². The van der Waals surface area contributed by atoms with Crippen LogP contribution in [0.25, 0.3) is 0 Å². The highest BCUT2D eigenvalue weighted by Gasteiger charge is 2.15. The zero-order chi connectivity index (χ0) is 17.6. The molecule has 0 heterocycles. The van der Waals surface area contributed by atoms with Crippen molar-refractivity contribution in [1.82, 2.24) is 0 Å². The lowest BCUT2D eigenvalue weighted by Gasteiger charge is -2.14. The van der Waals surface area contributed by atoms with E-state index in [1.807, 2.05) is 53.7 Å². The Balaban J connectivity index is 3.37. The van der Waals surface area contributed by atoms with Crippen LogP contribution in [0.3, 0.4) is 0 Å². The predicted octanol–water partition coefficient (Wildman–Crippen LogP) is 5.62. The quantitative estimate of drug-likeness (QED) is 0.669. The number of hydrogen-bond acceptors (Lipinski definition) is 2. The van der Waals surface area contributed by atoms with Crippen LogP contribution >= 0.6 is 0 Å². The molecule has 0 unspecified atom stereocenters. The Morgan fingerprint density at radius 2 is 1.04 bits per heavy atom. The van der Waals surface area contributed by atoms with Gasteiger partial charge < -0.3 is 10.2 Å². The predicted molar refractivity (Wildman–Crippen MR) is 99.2 cm³/mol. The van der Waals surface area contributed by atoms with Crippen molar-refractivity contribution < 1.29 is 10.2 Å². The Hall–Kier alpha value is -1.96. The minimum Gasteiger partial charge on any atom is -0.507 e. The van der Waals surface area contributed by atoms with Crippen molar-refractivity contribution in [3.05, 3.63) is 57.7 Å². The summed E-state index contributed by atoms with van der Waals surface area (Å²) in [5.74, 6) is 0.442. The molecule has 0 aliphatic carbocycles. The molecule has 126 valence electrons. The fourth-order valence-electron chi connectivity index (χ4n) is 2.29. The van der Waals surface area contributed by atoms with E-state index >= 15 is 0 Å². The molecule has 0 aromatic heterocycles. The van der Waals surface area contributed by atoms with Gasteiger partial charge in [0, 0.05) is 5.56 Å². The molecule has 2 N–H and O–H groups in total. The van der Waals surface area contributed by atoms with E-state index in [2.05, 4.69) is 12.2 Å². The number of aromatic hydroxyl groups is 2. The van der Waals surface area contributed by atoms with Crippen molar-refractivity contribution in [1.29, 1.82) is 0 Å². The third-order valence-electron chi connectivity index (χ3n) is 3.70. The largest absolute Gasteiger partial charge is 0.507 e. The molecule has 0 spiro atoms. The van der Waals surface area contributed by atoms with Crippen LogP contribution in [-0.2, 0) is 19.3 Å². The van der Waals surface area contributed by atoms with Gasteiger partial charge in [-0.1, -0.05) is 34.9 Å². The zero-order valence-corrected chi connectivity index (χ0v) is 15.3. The van der Waals surface area contributed by atoms with E-state index in [-0.39, 0.29) is 11.5 Å². The minimum atomic E-state index is 0.221. The summed E-state index contributed by atoms with van der Waals surface area (Å²) in [7, 11) is 0. The van der Waals surface area contributed by atoms with Gasteiger partial charge in [-0.2, -0.15) is 0 Å². The molecule has 0 aliphatic rings. The monoisotopic (exact) mass is 314 g/mol. The molecule has 0 atom stereocenters. The molecule has 0 bridgehead atoms. The standard InChI is InChI=1S/C21H30O2/c1-14(2)7-10-17-13-18(11-8-15(3)4)21(23)19(20(17)22)12-9-16(5)6/h7-9,13,22-23H,10-12H2,1-6H3. The van der Waals surface area contributed by atoms with Gasteiger partial charge in [-0.3, -0.25) is 0 Å². The highest BCUT2D eigenvalue weighted by molar-refractivity contribution is 5.55. The number of benzene rings is 1. The second-order valence-corrected chi connectivity index (χ2v) is 6.83. The van der Waals surface area contributed by atoms with Crippen LogP contribution in [0.5, 0.6) is 11.5 Å². The lowest BCUT2D eigenvalue weighted by molar-refractivity contribution is 0.434. The van der Waals surface area contributed by atoms with Crippen molar-refractivity contribution in [3.63, 3.8) is 0 Å². The molecule has 1 rings (SSSR count). The fraction of sp³-hybridized carbons (Fsp3) is 0.429. The van der Waals surface area contributed by atoms with Crippen molar-refractivity contribution in [2.45, 2.75) is 60.8 Å². The summed E-state index contributed by atoms with van der Waals surface area (Å²) in [6.07, 6.45) is 8.13. The summed E-state index contributed by atoms with van der Waals surface area (Å²) in [6.45, 7) is 12.2. The molecular formula is C21H30O2. The van der Waals surface area contributed by atoms with Gasteiger partial charge in [0.2, 0.25) is 0 Å². The van der Waals surface area contributed by atoms with Gasteiger partial charge in [0.1, 0.15) is 11.5 Å². The Morgan fingerprint density at radius 3 is 1.39 bits per heavy atom. The first-order chi connectivity index (χ1) is 10.7. The molecule has 0 fully saturated rings. The molecule has 0 aliphatic heterocycles. The number of phenolic OH excluding ortho intramolecular Hbond substituents is 2. The van der Waals surface area contributed by atoms with E-state index in [1.165, 1.54) is 16.7 Å². The molecule has 0 amide bonds. The van der Waals surface area contributed by atoms with E-state index in [1.54, 1.807) is 0 Å². The van der Waals surface area contributed by atoms with Crippen LogP contribution in [0.4, 0.5) is 0 Å². The van der Waals surface area contributed by atoms with E-state index < -0.39 is 0 Å². The minimum absolute atomic E-state index is 0.221. The van der Waals surface area contributed by atoms with Crippen LogP contribution in [0.2, 0.25) is 0 Å². The fourth-order valence-corrected chi connectivity index (χ4v) is 2.29. The van der Waals surface area contributed by atoms with E-state index in [0.717, 1.165) is 11.1 Å². The number of allylic oxidation sites excluding steroid dienone is 6. The van der Waals surface area contributed by atoms with Gasteiger partial charge in [0.15, 0.2) is 0 Å². The Morgan fingerprint density at radius 1 is 0.696 bits per heavy atom. The van der Waals surface area contributed by atoms with Crippen LogP contribution in [0.15, 0.2) is 41.0 Å². The summed E-state index contributed by atoms with van der Waals surface area (Å²) >= 11 is 0. The molecule has 1 aromatic carbocycles. The summed E-state index contributed by atoms with van der Waals surface area (Å²) in [6, 6.07) is 1.93. The lowest BCUT2D eigenvalue weighted by atomic mass is 9.95. The Kier molecular flexibility index (Phi) is 7.15. The average molecular weight is 314 g/mol. The smallest absolute Gasteiger partial charge is 0.126 e. The topological polar surface area (TPSA) is 40.5 Å². The van der Waals surface area contributed by atoms with Crippen LogP contribution in [0.1, 0.15) is 58.2 Å². The number of phenols is 2. The van der Waals surface area contributed by atoms with Gasteiger partial charge in [-0.05, 0) is 78.0 Å². The molecule has 0 saturated carbocycles. The molecule has 2 heteroatoms. The third kappa shape index (κ3) is 5.97. The van der Waals surface area contributed by atoms with Crippen molar-refractivity contribution in [2.24, 2.45) is 0 Å². The van der Waals surface area contributed by atoms with Crippen LogP contribution in [-0.4, -0.2) is 10.2 Å². The SMILES string of the molecule is CC(C)=CCc1cc(CC=C(C)C)c(O)c(CC=C(C)C)c1O. The average Bonchev–Trinajstić information content (AvgIpc) is 2.44. The van der Waals surface area contributed by atoms with Crippen LogP contribution in [0, 0.1) is 0 Å². The zero-order valence-electron chi connectivity index (χ0n) is 15.3. The lowest BCUT2D eigenvalue weighted by Crippen LogP contribution is -1.97.